The van der Waals surface area contributed by atoms with Crippen LogP contribution < -0.4 is 11.3 Å². The molecule has 2 aromatic rings. The first-order valence-electron chi connectivity index (χ1n) is 4.86. The summed E-state index contributed by atoms with van der Waals surface area (Å²) in [7, 11) is 0. The van der Waals surface area contributed by atoms with Crippen LogP contribution in [0.2, 0.25) is 0 Å². The number of nitrogens with one attached hydrogen (secondary N) is 1. The van der Waals surface area contributed by atoms with E-state index in [-0.39, 0.29) is 17.8 Å². The van der Waals surface area contributed by atoms with E-state index < -0.39 is 10.8 Å². The Morgan fingerprint density at radius 2 is 2.44 bits per heavy atom. The van der Waals surface area contributed by atoms with Crippen molar-refractivity contribution in [1.29, 1.82) is 0 Å². The Morgan fingerprint density at radius 1 is 1.67 bits per heavy atom. The van der Waals surface area contributed by atoms with Crippen LogP contribution in [0.5, 0.6) is 0 Å². The molecule has 2 aromatic heterocycles. The third-order valence-electron chi connectivity index (χ3n) is 2.26. The van der Waals surface area contributed by atoms with Gasteiger partial charge in [-0.25, -0.2) is 5.84 Å². The average Bonchev–Trinajstić information content (AvgIpc) is 2.97. The van der Waals surface area contributed by atoms with Crippen LogP contribution in [0.4, 0.5) is 5.69 Å². The third-order valence-corrected chi connectivity index (χ3v) is 2.26. The topological polar surface area (TPSA) is 129 Å². The zero-order valence-corrected chi connectivity index (χ0v) is 9.07. The molecule has 0 saturated carbocycles. The zero-order chi connectivity index (χ0) is 13.1. The van der Waals surface area contributed by atoms with Crippen molar-refractivity contribution in [3.05, 3.63) is 46.2 Å². The Morgan fingerprint density at radius 3 is 3.06 bits per heavy atom. The molecule has 2 rings (SSSR count). The monoisotopic (exact) mass is 251 g/mol. The number of carbonyl (C=O) groups excluding carboxylic acids is 1. The molecule has 0 spiro atoms. The molecule has 9 heteroatoms. The molecule has 9 nitrogen and oxygen atoms in total. The second kappa shape index (κ2) is 4.67. The molecule has 0 bridgehead atoms. The molecule has 18 heavy (non-hydrogen) atoms. The van der Waals surface area contributed by atoms with Gasteiger partial charge < -0.3 is 4.42 Å². The van der Waals surface area contributed by atoms with Gasteiger partial charge in [0.25, 0.3) is 5.91 Å². The summed E-state index contributed by atoms with van der Waals surface area (Å²) in [5, 5.41) is 14.3. The molecule has 0 saturated heterocycles. The minimum absolute atomic E-state index is 0.101. The van der Waals surface area contributed by atoms with Gasteiger partial charge in [0, 0.05) is 0 Å². The number of furan rings is 1. The fourth-order valence-electron chi connectivity index (χ4n) is 1.42. The normalized spacial score (nSPS) is 10.3. The molecule has 0 aliphatic heterocycles. The number of hydrazine groups is 1. The summed E-state index contributed by atoms with van der Waals surface area (Å²) in [5.74, 6) is 4.83. The maximum atomic E-state index is 11.4. The van der Waals surface area contributed by atoms with E-state index in [0.717, 1.165) is 6.20 Å². The van der Waals surface area contributed by atoms with E-state index in [2.05, 4.69) is 5.10 Å². The van der Waals surface area contributed by atoms with E-state index in [4.69, 9.17) is 10.3 Å². The standard InChI is InChI=1S/C9H9N5O4/c10-12-9(15)7-1-2-18-8(7)5-13-4-6(3-11-13)14(16)17/h1-4H,5,10H2,(H,12,15). The first kappa shape index (κ1) is 11.8. The van der Waals surface area contributed by atoms with Gasteiger partial charge in [-0.2, -0.15) is 5.10 Å². The van der Waals surface area contributed by atoms with E-state index in [1.165, 1.54) is 23.2 Å². The third kappa shape index (κ3) is 2.20. The molecule has 3 N–H and O–H groups in total. The fourth-order valence-corrected chi connectivity index (χ4v) is 1.42. The second-order valence-electron chi connectivity index (χ2n) is 3.38. The van der Waals surface area contributed by atoms with Crippen molar-refractivity contribution in [2.24, 2.45) is 5.84 Å². The van der Waals surface area contributed by atoms with Crippen molar-refractivity contribution >= 4 is 11.6 Å². The van der Waals surface area contributed by atoms with Crippen molar-refractivity contribution < 1.29 is 14.1 Å². The number of nitro groups is 1. The minimum Gasteiger partial charge on any atom is -0.467 e. The summed E-state index contributed by atoms with van der Waals surface area (Å²) in [6, 6.07) is 1.45. The van der Waals surface area contributed by atoms with Gasteiger partial charge in [0.2, 0.25) is 0 Å². The smallest absolute Gasteiger partial charge is 0.307 e. The summed E-state index contributed by atoms with van der Waals surface area (Å²) in [6.45, 7) is 0.101. The molecule has 94 valence electrons. The van der Waals surface area contributed by atoms with E-state index in [9.17, 15) is 14.9 Å². The Hall–Kier alpha value is -2.68. The Kier molecular flexibility index (Phi) is 3.06. The molecule has 1 amide bonds. The minimum atomic E-state index is -0.556. The van der Waals surface area contributed by atoms with E-state index in [0.29, 0.717) is 5.76 Å². The summed E-state index contributed by atoms with van der Waals surface area (Å²) in [5.41, 5.74) is 2.11. The van der Waals surface area contributed by atoms with Crippen molar-refractivity contribution in [2.45, 2.75) is 6.54 Å². The number of hydrogen-bond donors (Lipinski definition) is 2. The van der Waals surface area contributed by atoms with Crippen molar-refractivity contribution in [3.8, 4) is 0 Å². The predicted octanol–water partition coefficient (Wildman–Crippen LogP) is 0.0361. The number of carbonyl (C=O) groups is 1. The molecule has 0 aliphatic rings. The lowest BCUT2D eigenvalue weighted by molar-refractivity contribution is -0.385. The molecule has 2 heterocycles. The first-order valence-corrected chi connectivity index (χ1v) is 4.86. The van der Waals surface area contributed by atoms with Crippen molar-refractivity contribution in [3.63, 3.8) is 0 Å². The second-order valence-corrected chi connectivity index (χ2v) is 3.38. The van der Waals surface area contributed by atoms with Gasteiger partial charge >= 0.3 is 5.69 Å². The quantitative estimate of drug-likeness (QED) is 0.341. The lowest BCUT2D eigenvalue weighted by Gasteiger charge is -2.01. The number of nitrogens with zero attached hydrogens (tertiary/aromatic N) is 3. The van der Waals surface area contributed by atoms with Gasteiger partial charge in [-0.1, -0.05) is 0 Å². The number of nitrogen functional groups attached to an aromatic ring is 1. The van der Waals surface area contributed by atoms with Gasteiger partial charge in [0.05, 0.1) is 23.3 Å². The predicted molar refractivity (Wildman–Crippen MR) is 58.3 cm³/mol. The van der Waals surface area contributed by atoms with Gasteiger partial charge in [-0.15, -0.1) is 0 Å². The number of nitrogens with two attached hydrogens (primary N) is 1. The number of hydrogen-bond acceptors (Lipinski definition) is 6. The van der Waals surface area contributed by atoms with Gasteiger partial charge in [-0.3, -0.25) is 25.0 Å². The molecule has 0 atom stereocenters. The molecule has 0 aromatic carbocycles. The maximum Gasteiger partial charge on any atom is 0.307 e. The molecule has 0 aliphatic carbocycles. The van der Waals surface area contributed by atoms with Gasteiger partial charge in [0.15, 0.2) is 0 Å². The highest BCUT2D eigenvalue weighted by atomic mass is 16.6. The van der Waals surface area contributed by atoms with Crippen LogP contribution in [0.1, 0.15) is 16.1 Å². The lowest BCUT2D eigenvalue weighted by atomic mass is 10.2. The molecule has 0 fully saturated rings. The highest BCUT2D eigenvalue weighted by Gasteiger charge is 2.16. The molecule has 0 unspecified atom stereocenters. The Balaban J connectivity index is 2.20. The van der Waals surface area contributed by atoms with Crippen LogP contribution in [0.25, 0.3) is 0 Å². The summed E-state index contributed by atoms with van der Waals surface area (Å²) in [4.78, 5) is 21.3. The summed E-state index contributed by atoms with van der Waals surface area (Å²) < 4.78 is 6.41. The van der Waals surface area contributed by atoms with Crippen molar-refractivity contribution in [1.82, 2.24) is 15.2 Å². The van der Waals surface area contributed by atoms with E-state index in [1.54, 1.807) is 0 Å². The lowest BCUT2D eigenvalue weighted by Crippen LogP contribution is -2.30. The Labute approximate surface area is 100 Å². The summed E-state index contributed by atoms with van der Waals surface area (Å²) >= 11 is 0. The first-order chi connectivity index (χ1) is 8.61. The average molecular weight is 251 g/mol. The van der Waals surface area contributed by atoms with Crippen LogP contribution in [-0.4, -0.2) is 20.6 Å². The SMILES string of the molecule is NNC(=O)c1ccoc1Cn1cc([N+](=O)[O-])cn1. The van der Waals surface area contributed by atoms with Gasteiger partial charge in [-0.05, 0) is 6.07 Å². The summed E-state index contributed by atoms with van der Waals surface area (Å²) in [6.07, 6.45) is 3.69. The molecular weight excluding hydrogens is 242 g/mol. The van der Waals surface area contributed by atoms with Crippen LogP contribution >= 0.6 is 0 Å². The maximum absolute atomic E-state index is 11.4. The number of amides is 1. The Bertz CT molecular complexity index is 587. The highest BCUT2D eigenvalue weighted by Crippen LogP contribution is 2.14. The number of aromatic nitrogens is 2. The van der Waals surface area contributed by atoms with E-state index in [1.807, 2.05) is 5.43 Å². The largest absolute Gasteiger partial charge is 0.467 e. The van der Waals surface area contributed by atoms with Crippen LogP contribution in [0.3, 0.4) is 0 Å². The van der Waals surface area contributed by atoms with Gasteiger partial charge in [0.1, 0.15) is 18.2 Å². The van der Waals surface area contributed by atoms with Crippen LogP contribution in [-0.2, 0) is 6.54 Å². The van der Waals surface area contributed by atoms with Crippen molar-refractivity contribution in [2.75, 3.05) is 0 Å². The van der Waals surface area contributed by atoms with Crippen LogP contribution in [0.15, 0.2) is 29.1 Å². The molecule has 0 radical (unpaired) electrons. The van der Waals surface area contributed by atoms with Crippen LogP contribution in [0, 0.1) is 10.1 Å². The fraction of sp³-hybridized carbons (Fsp3) is 0.111. The van der Waals surface area contributed by atoms with E-state index >= 15 is 0 Å². The zero-order valence-electron chi connectivity index (χ0n) is 9.07. The highest BCUT2D eigenvalue weighted by molar-refractivity contribution is 5.94. The molecular formula is C9H9N5O4. The number of rotatable bonds is 4.